The molecule has 1 heterocycles. The molecule has 3 rings (SSSR count). The molecule has 1 fully saturated rings. The van der Waals surface area contributed by atoms with Gasteiger partial charge in [-0.25, -0.2) is 12.8 Å². The van der Waals surface area contributed by atoms with Crippen molar-refractivity contribution in [3.63, 3.8) is 0 Å². The standard InChI is InChI=1S/C20H22ClFN2O4S/c1-13-5-3-4-10-24(13)29(26,27)19-11-14(6-9-18(19)28-2)20(25)23-15-7-8-17(22)16(21)12-15/h6-9,11-13H,3-5,10H2,1-2H3,(H,23,25)/t13-/m1/s1. The van der Waals surface area contributed by atoms with Crippen molar-refractivity contribution in [1.82, 2.24) is 4.31 Å². The van der Waals surface area contributed by atoms with E-state index in [1.807, 2.05) is 6.92 Å². The van der Waals surface area contributed by atoms with Gasteiger partial charge in [0.1, 0.15) is 16.5 Å². The highest BCUT2D eigenvalue weighted by Gasteiger charge is 2.33. The van der Waals surface area contributed by atoms with Crippen LogP contribution in [0.1, 0.15) is 36.5 Å². The SMILES string of the molecule is COc1ccc(C(=O)Nc2ccc(F)c(Cl)c2)cc1S(=O)(=O)N1CCCC[C@H]1C. The minimum Gasteiger partial charge on any atom is -0.495 e. The Balaban J connectivity index is 1.94. The highest BCUT2D eigenvalue weighted by Crippen LogP contribution is 2.32. The van der Waals surface area contributed by atoms with Crippen molar-refractivity contribution in [2.75, 3.05) is 19.0 Å². The number of anilines is 1. The Kier molecular flexibility index (Phi) is 6.45. The van der Waals surface area contributed by atoms with Crippen LogP contribution in [0.25, 0.3) is 0 Å². The lowest BCUT2D eigenvalue weighted by atomic mass is 10.1. The van der Waals surface area contributed by atoms with E-state index >= 15 is 0 Å². The molecule has 2 aromatic rings. The molecule has 0 radical (unpaired) electrons. The number of piperidine rings is 1. The molecule has 1 aliphatic heterocycles. The first-order chi connectivity index (χ1) is 13.7. The summed E-state index contributed by atoms with van der Waals surface area (Å²) in [6, 6.07) is 7.89. The smallest absolute Gasteiger partial charge is 0.255 e. The number of nitrogens with one attached hydrogen (secondary N) is 1. The number of carbonyl (C=O) groups is 1. The maximum absolute atomic E-state index is 13.3. The molecule has 0 bridgehead atoms. The number of hydrogen-bond acceptors (Lipinski definition) is 4. The number of hydrogen-bond donors (Lipinski definition) is 1. The molecule has 0 spiro atoms. The summed E-state index contributed by atoms with van der Waals surface area (Å²) in [4.78, 5) is 12.6. The van der Waals surface area contributed by atoms with Crippen LogP contribution in [-0.2, 0) is 10.0 Å². The molecule has 0 saturated carbocycles. The number of ether oxygens (including phenoxy) is 1. The third-order valence-corrected chi connectivity index (χ3v) is 7.26. The van der Waals surface area contributed by atoms with Gasteiger partial charge in [0, 0.05) is 23.8 Å². The lowest BCUT2D eigenvalue weighted by Gasteiger charge is -2.32. The molecular weight excluding hydrogens is 419 g/mol. The van der Waals surface area contributed by atoms with Crippen molar-refractivity contribution in [1.29, 1.82) is 0 Å². The first-order valence-electron chi connectivity index (χ1n) is 9.20. The van der Waals surface area contributed by atoms with Gasteiger partial charge in [0.05, 0.1) is 12.1 Å². The molecule has 6 nitrogen and oxygen atoms in total. The minimum atomic E-state index is -3.84. The van der Waals surface area contributed by atoms with Crippen LogP contribution in [0.4, 0.5) is 10.1 Å². The van der Waals surface area contributed by atoms with Gasteiger partial charge in [0.15, 0.2) is 0 Å². The summed E-state index contributed by atoms with van der Waals surface area (Å²) >= 11 is 5.74. The van der Waals surface area contributed by atoms with E-state index in [1.54, 1.807) is 0 Å². The summed E-state index contributed by atoms with van der Waals surface area (Å²) in [6.45, 7) is 2.30. The van der Waals surface area contributed by atoms with Crippen molar-refractivity contribution in [3.05, 3.63) is 52.8 Å². The number of halogens is 2. The lowest BCUT2D eigenvalue weighted by molar-refractivity contribution is 0.102. The van der Waals surface area contributed by atoms with Crippen LogP contribution in [0.2, 0.25) is 5.02 Å². The van der Waals surface area contributed by atoms with Crippen molar-refractivity contribution >= 4 is 33.2 Å². The van der Waals surface area contributed by atoms with Gasteiger partial charge >= 0.3 is 0 Å². The first kappa shape index (κ1) is 21.5. The fourth-order valence-electron chi connectivity index (χ4n) is 3.35. The van der Waals surface area contributed by atoms with Gasteiger partial charge in [-0.05, 0) is 56.2 Å². The maximum Gasteiger partial charge on any atom is 0.255 e. The third-order valence-electron chi connectivity index (χ3n) is 4.93. The number of nitrogens with zero attached hydrogens (tertiary/aromatic N) is 1. The van der Waals surface area contributed by atoms with E-state index in [1.165, 1.54) is 41.7 Å². The van der Waals surface area contributed by atoms with E-state index in [2.05, 4.69) is 5.32 Å². The second-order valence-corrected chi connectivity index (χ2v) is 9.18. The lowest BCUT2D eigenvalue weighted by Crippen LogP contribution is -2.42. The van der Waals surface area contributed by atoms with Crippen LogP contribution >= 0.6 is 11.6 Å². The Hall–Kier alpha value is -2.16. The van der Waals surface area contributed by atoms with E-state index in [-0.39, 0.29) is 27.3 Å². The molecule has 1 atom stereocenters. The average molecular weight is 441 g/mol. The molecule has 1 aliphatic rings. The quantitative estimate of drug-likeness (QED) is 0.751. The normalized spacial score (nSPS) is 17.7. The Morgan fingerprint density at radius 2 is 2.00 bits per heavy atom. The molecule has 2 aromatic carbocycles. The molecule has 9 heteroatoms. The summed E-state index contributed by atoms with van der Waals surface area (Å²) in [7, 11) is -2.45. The summed E-state index contributed by atoms with van der Waals surface area (Å²) < 4.78 is 46.5. The van der Waals surface area contributed by atoms with Gasteiger partial charge in [0.2, 0.25) is 10.0 Å². The molecule has 0 aliphatic carbocycles. The van der Waals surface area contributed by atoms with Crippen molar-refractivity contribution < 1.29 is 22.3 Å². The van der Waals surface area contributed by atoms with Gasteiger partial charge in [-0.3, -0.25) is 4.79 Å². The topological polar surface area (TPSA) is 75.7 Å². The van der Waals surface area contributed by atoms with Crippen LogP contribution < -0.4 is 10.1 Å². The Labute approximate surface area is 174 Å². The van der Waals surface area contributed by atoms with Gasteiger partial charge < -0.3 is 10.1 Å². The number of sulfonamides is 1. The summed E-state index contributed by atoms with van der Waals surface area (Å²) in [5.41, 5.74) is 0.431. The van der Waals surface area contributed by atoms with Gasteiger partial charge in [-0.2, -0.15) is 4.31 Å². The van der Waals surface area contributed by atoms with Gasteiger partial charge in [0.25, 0.3) is 5.91 Å². The third kappa shape index (κ3) is 4.55. The van der Waals surface area contributed by atoms with Crippen LogP contribution in [0.3, 0.4) is 0 Å². The molecule has 1 saturated heterocycles. The van der Waals surface area contributed by atoms with Crippen LogP contribution in [0.5, 0.6) is 5.75 Å². The Morgan fingerprint density at radius 3 is 2.66 bits per heavy atom. The van der Waals surface area contributed by atoms with Crippen molar-refractivity contribution in [2.45, 2.75) is 37.1 Å². The predicted molar refractivity (Wildman–Crippen MR) is 110 cm³/mol. The van der Waals surface area contributed by atoms with Gasteiger partial charge in [-0.15, -0.1) is 0 Å². The van der Waals surface area contributed by atoms with Crippen molar-refractivity contribution in [3.8, 4) is 5.75 Å². The van der Waals surface area contributed by atoms with E-state index in [4.69, 9.17) is 16.3 Å². The number of methoxy groups -OCH3 is 1. The minimum absolute atomic E-state index is 0.0569. The molecule has 156 valence electrons. The molecule has 1 N–H and O–H groups in total. The number of benzene rings is 2. The van der Waals surface area contributed by atoms with Crippen molar-refractivity contribution in [2.24, 2.45) is 0 Å². The van der Waals surface area contributed by atoms with E-state index < -0.39 is 21.7 Å². The Morgan fingerprint density at radius 1 is 1.24 bits per heavy atom. The predicted octanol–water partition coefficient (Wildman–Crippen LogP) is 4.30. The molecule has 29 heavy (non-hydrogen) atoms. The van der Waals surface area contributed by atoms with Crippen LogP contribution in [-0.4, -0.2) is 38.3 Å². The second-order valence-electron chi connectivity index (χ2n) is 6.91. The van der Waals surface area contributed by atoms with E-state index in [0.29, 0.717) is 12.2 Å². The average Bonchev–Trinajstić information content (AvgIpc) is 2.70. The largest absolute Gasteiger partial charge is 0.495 e. The fourth-order valence-corrected chi connectivity index (χ4v) is 5.42. The monoisotopic (exact) mass is 440 g/mol. The zero-order valence-electron chi connectivity index (χ0n) is 16.1. The maximum atomic E-state index is 13.3. The zero-order chi connectivity index (χ0) is 21.2. The number of rotatable bonds is 5. The fraction of sp³-hybridized carbons (Fsp3) is 0.350. The van der Waals surface area contributed by atoms with Crippen LogP contribution in [0, 0.1) is 5.82 Å². The second kappa shape index (κ2) is 8.69. The Bertz CT molecular complexity index is 1030. The highest BCUT2D eigenvalue weighted by atomic mass is 35.5. The molecule has 0 unspecified atom stereocenters. The van der Waals surface area contributed by atoms with E-state index in [0.717, 1.165) is 25.3 Å². The summed E-state index contributed by atoms with van der Waals surface area (Å²) in [5.74, 6) is -0.972. The van der Waals surface area contributed by atoms with Gasteiger partial charge in [-0.1, -0.05) is 18.0 Å². The van der Waals surface area contributed by atoms with E-state index in [9.17, 15) is 17.6 Å². The number of amides is 1. The summed E-state index contributed by atoms with van der Waals surface area (Å²) in [6.07, 6.45) is 2.55. The molecule has 1 amide bonds. The molecular formula is C20H22ClFN2O4S. The zero-order valence-corrected chi connectivity index (χ0v) is 17.7. The highest BCUT2D eigenvalue weighted by molar-refractivity contribution is 7.89. The molecule has 0 aromatic heterocycles. The first-order valence-corrected chi connectivity index (χ1v) is 11.0. The van der Waals surface area contributed by atoms with Crippen LogP contribution in [0.15, 0.2) is 41.3 Å². The number of carbonyl (C=O) groups excluding carboxylic acids is 1. The summed E-state index contributed by atoms with van der Waals surface area (Å²) in [5, 5.41) is 2.47.